The van der Waals surface area contributed by atoms with Gasteiger partial charge in [-0.25, -0.2) is 9.37 Å². The predicted molar refractivity (Wildman–Crippen MR) is 155 cm³/mol. The number of aromatic nitrogens is 1. The summed E-state index contributed by atoms with van der Waals surface area (Å²) in [5.41, 5.74) is 5.00. The summed E-state index contributed by atoms with van der Waals surface area (Å²) in [6, 6.07) is 10.5. The van der Waals surface area contributed by atoms with Crippen molar-refractivity contribution in [1.29, 1.82) is 0 Å². The van der Waals surface area contributed by atoms with Gasteiger partial charge in [-0.3, -0.25) is 9.69 Å². The predicted octanol–water partition coefficient (Wildman–Crippen LogP) is 6.13. The van der Waals surface area contributed by atoms with Crippen molar-refractivity contribution in [2.75, 3.05) is 38.7 Å². The Bertz CT molecular complexity index is 1070. The molecule has 1 atom stereocenters. The van der Waals surface area contributed by atoms with Gasteiger partial charge >= 0.3 is 0 Å². The summed E-state index contributed by atoms with van der Waals surface area (Å²) in [7, 11) is 2.19. The Morgan fingerprint density at radius 1 is 1.20 bits per heavy atom. The van der Waals surface area contributed by atoms with Gasteiger partial charge in [0.15, 0.2) is 0 Å². The minimum absolute atomic E-state index is 0.139. The van der Waals surface area contributed by atoms with E-state index in [-0.39, 0.29) is 18.3 Å². The van der Waals surface area contributed by atoms with E-state index in [4.69, 9.17) is 24.4 Å². The molecule has 40 heavy (non-hydrogen) atoms. The lowest BCUT2D eigenvalue weighted by Crippen LogP contribution is -2.47. The van der Waals surface area contributed by atoms with Crippen LogP contribution in [-0.4, -0.2) is 67.0 Å². The van der Waals surface area contributed by atoms with Crippen molar-refractivity contribution in [2.24, 2.45) is 0 Å². The minimum Gasteiger partial charge on any atom is -0.483 e. The molecular weight excluding hydrogens is 509 g/mol. The molecular formula is C32H46FN3O4. The molecule has 2 fully saturated rings. The minimum atomic E-state index is -0.250. The van der Waals surface area contributed by atoms with Gasteiger partial charge in [-0.2, -0.15) is 0 Å². The van der Waals surface area contributed by atoms with Gasteiger partial charge < -0.3 is 19.9 Å². The van der Waals surface area contributed by atoms with Gasteiger partial charge in [0.25, 0.3) is 6.47 Å². The second-order valence-electron chi connectivity index (χ2n) is 11.4. The van der Waals surface area contributed by atoms with E-state index < -0.39 is 0 Å². The zero-order chi connectivity index (χ0) is 28.3. The number of unbranched alkanes of at least 4 members (excludes halogenated alkanes) is 2. The van der Waals surface area contributed by atoms with Crippen LogP contribution >= 0.6 is 0 Å². The molecule has 220 valence electrons. The van der Waals surface area contributed by atoms with Crippen LogP contribution < -0.4 is 5.32 Å². The van der Waals surface area contributed by atoms with E-state index in [0.717, 1.165) is 89.1 Å². The third kappa shape index (κ3) is 8.24. The first-order chi connectivity index (χ1) is 19.5. The molecule has 0 radical (unpaired) electrons. The zero-order valence-corrected chi connectivity index (χ0v) is 24.1. The Balaban J connectivity index is 0.00000118. The van der Waals surface area contributed by atoms with Crippen LogP contribution in [0.15, 0.2) is 30.3 Å². The fraction of sp³-hybridized carbons (Fsp3) is 0.625. The second-order valence-corrected chi connectivity index (χ2v) is 11.4. The Morgan fingerprint density at radius 2 is 1.98 bits per heavy atom. The number of carboxylic acid groups (broad SMARTS) is 1. The molecule has 8 heteroatoms. The van der Waals surface area contributed by atoms with E-state index in [1.54, 1.807) is 12.1 Å². The van der Waals surface area contributed by atoms with Crippen LogP contribution in [0.4, 0.5) is 10.2 Å². The van der Waals surface area contributed by atoms with E-state index >= 15 is 0 Å². The first-order valence-electron chi connectivity index (χ1n) is 15.0. The molecule has 2 aliphatic heterocycles. The number of hydrogen-bond acceptors (Lipinski definition) is 6. The summed E-state index contributed by atoms with van der Waals surface area (Å²) in [4.78, 5) is 15.6. The fourth-order valence-corrected chi connectivity index (χ4v) is 6.17. The maximum absolute atomic E-state index is 14.2. The van der Waals surface area contributed by atoms with Gasteiger partial charge in [0.1, 0.15) is 11.6 Å². The lowest BCUT2D eigenvalue weighted by molar-refractivity contribution is -0.122. The maximum atomic E-state index is 14.2. The van der Waals surface area contributed by atoms with Gasteiger partial charge in [-0.1, -0.05) is 18.6 Å². The van der Waals surface area contributed by atoms with Gasteiger partial charge in [-0.05, 0) is 113 Å². The average molecular weight is 556 g/mol. The molecule has 5 rings (SSSR count). The molecule has 1 aromatic carbocycles. The number of aryl methyl sites for hydroxylation is 2. The smallest absolute Gasteiger partial charge is 0.290 e. The number of ether oxygens (including phenoxy) is 2. The highest BCUT2D eigenvalue weighted by Crippen LogP contribution is 2.38. The van der Waals surface area contributed by atoms with Gasteiger partial charge in [-0.15, -0.1) is 0 Å². The third-order valence-corrected chi connectivity index (χ3v) is 8.80. The van der Waals surface area contributed by atoms with Crippen molar-refractivity contribution in [2.45, 2.75) is 95.2 Å². The first kappa shape index (κ1) is 30.4. The molecule has 1 aliphatic carbocycles. The normalized spacial score (nSPS) is 21.4. The van der Waals surface area contributed by atoms with Crippen LogP contribution in [0.2, 0.25) is 0 Å². The summed E-state index contributed by atoms with van der Waals surface area (Å²) < 4.78 is 26.0. The summed E-state index contributed by atoms with van der Waals surface area (Å²) >= 11 is 0. The molecule has 3 aliphatic rings. The molecule has 7 nitrogen and oxygen atoms in total. The van der Waals surface area contributed by atoms with Crippen LogP contribution in [0.5, 0.6) is 0 Å². The van der Waals surface area contributed by atoms with E-state index in [0.29, 0.717) is 18.1 Å². The number of nitrogens with one attached hydrogen (secondary N) is 1. The quantitative estimate of drug-likeness (QED) is 0.255. The maximum Gasteiger partial charge on any atom is 0.290 e. The highest BCUT2D eigenvalue weighted by atomic mass is 19.1. The number of hydrogen-bond donors (Lipinski definition) is 2. The molecule has 2 N–H and O–H groups in total. The Hall–Kier alpha value is -2.55. The van der Waals surface area contributed by atoms with Crippen molar-refractivity contribution in [3.8, 4) is 0 Å². The van der Waals surface area contributed by atoms with Crippen molar-refractivity contribution >= 4 is 12.3 Å². The first-order valence-corrected chi connectivity index (χ1v) is 15.0. The molecule has 0 spiro atoms. The standard InChI is InChI=1S/C31H44FN3O2.CH2O2/c1-22(30-19-25(32)10-12-29(30)23-13-17-36-18-14-23)35(2)27-20-28(21-27)37-16-5-3-4-8-26-11-9-24-7-6-15-33-31(24)34-26;2-1-3/h9-12,19,22-23,27-28H,3-8,13-18,20-21H2,1-2H3,(H,33,34);1H,(H,2,3). The number of pyridine rings is 1. The van der Waals surface area contributed by atoms with Crippen LogP contribution in [0.3, 0.4) is 0 Å². The number of fused-ring (bicyclic) bond motifs is 1. The summed E-state index contributed by atoms with van der Waals surface area (Å²) in [6.45, 7) is 5.46. The van der Waals surface area contributed by atoms with Gasteiger partial charge in [0, 0.05) is 44.1 Å². The number of halogens is 1. The molecule has 1 unspecified atom stereocenters. The van der Waals surface area contributed by atoms with E-state index in [2.05, 4.69) is 36.3 Å². The Labute approximate surface area is 238 Å². The Kier molecular flexibility index (Phi) is 11.7. The molecule has 3 heterocycles. The largest absolute Gasteiger partial charge is 0.483 e. The fourth-order valence-electron chi connectivity index (χ4n) is 6.17. The lowest BCUT2D eigenvalue weighted by Gasteiger charge is -2.44. The van der Waals surface area contributed by atoms with Crippen LogP contribution in [0, 0.1) is 5.82 Å². The molecule has 1 saturated heterocycles. The zero-order valence-electron chi connectivity index (χ0n) is 24.1. The summed E-state index contributed by atoms with van der Waals surface area (Å²) in [5.74, 6) is 1.43. The van der Waals surface area contributed by atoms with E-state index in [1.807, 2.05) is 6.07 Å². The van der Waals surface area contributed by atoms with Crippen LogP contribution in [0.25, 0.3) is 0 Å². The highest BCUT2D eigenvalue weighted by molar-refractivity contribution is 5.47. The van der Waals surface area contributed by atoms with Crippen molar-refractivity contribution in [3.05, 3.63) is 58.5 Å². The summed E-state index contributed by atoms with van der Waals surface area (Å²) in [6.07, 6.45) is 11.4. The molecule has 0 bridgehead atoms. The topological polar surface area (TPSA) is 83.9 Å². The van der Waals surface area contributed by atoms with Crippen molar-refractivity contribution < 1.29 is 23.8 Å². The number of carbonyl (C=O) groups is 1. The SMILES string of the molecule is CC(c1cc(F)ccc1C1CCOCC1)N(C)C1CC(OCCCCCc2ccc3c(n2)NCCC3)C1.O=CO. The van der Waals surface area contributed by atoms with Gasteiger partial charge in [0.2, 0.25) is 0 Å². The Morgan fingerprint density at radius 3 is 2.75 bits per heavy atom. The van der Waals surface area contributed by atoms with Crippen molar-refractivity contribution in [1.82, 2.24) is 9.88 Å². The number of rotatable bonds is 11. The van der Waals surface area contributed by atoms with E-state index in [1.165, 1.54) is 29.7 Å². The number of nitrogens with zero attached hydrogens (tertiary/aromatic N) is 2. The lowest BCUT2D eigenvalue weighted by atomic mass is 9.83. The molecule has 2 aromatic rings. The van der Waals surface area contributed by atoms with Crippen molar-refractivity contribution in [3.63, 3.8) is 0 Å². The number of benzene rings is 1. The molecule has 1 saturated carbocycles. The second kappa shape index (κ2) is 15.5. The van der Waals surface area contributed by atoms with Gasteiger partial charge in [0.05, 0.1) is 6.10 Å². The summed E-state index contributed by atoms with van der Waals surface area (Å²) in [5, 5.41) is 10.3. The third-order valence-electron chi connectivity index (χ3n) is 8.80. The van der Waals surface area contributed by atoms with Crippen LogP contribution in [-0.2, 0) is 27.1 Å². The molecule has 0 amide bonds. The van der Waals surface area contributed by atoms with Crippen LogP contribution in [0.1, 0.15) is 92.6 Å². The average Bonchev–Trinajstić information content (AvgIpc) is 2.95. The highest BCUT2D eigenvalue weighted by Gasteiger charge is 2.35. The van der Waals surface area contributed by atoms with E-state index in [9.17, 15) is 4.39 Å². The number of anilines is 1. The monoisotopic (exact) mass is 555 g/mol. The molecule has 1 aromatic heterocycles.